The second-order valence-corrected chi connectivity index (χ2v) is 6.75. The van der Waals surface area contributed by atoms with Crippen molar-refractivity contribution in [3.05, 3.63) is 0 Å². The maximum absolute atomic E-state index is 12.6. The zero-order chi connectivity index (χ0) is 15.2. The molecular weight excluding hydrogens is 266 g/mol. The third kappa shape index (κ3) is 4.70. The van der Waals surface area contributed by atoms with E-state index < -0.39 is 5.91 Å². The van der Waals surface area contributed by atoms with E-state index in [1.807, 2.05) is 0 Å². The first-order chi connectivity index (χ1) is 10.1. The van der Waals surface area contributed by atoms with Gasteiger partial charge in [-0.15, -0.1) is 0 Å². The van der Waals surface area contributed by atoms with E-state index in [9.17, 15) is 9.59 Å². The van der Waals surface area contributed by atoms with Crippen molar-refractivity contribution in [1.82, 2.24) is 4.90 Å². The lowest BCUT2D eigenvalue weighted by molar-refractivity contribution is -0.138. The van der Waals surface area contributed by atoms with Crippen molar-refractivity contribution >= 4 is 11.8 Å². The van der Waals surface area contributed by atoms with Gasteiger partial charge in [0.1, 0.15) is 0 Å². The summed E-state index contributed by atoms with van der Waals surface area (Å²) in [6.45, 7) is 0.845. The molecule has 0 aromatic carbocycles. The monoisotopic (exact) mass is 295 g/mol. The number of nitrogens with zero attached hydrogens (tertiary/aromatic N) is 1. The van der Waals surface area contributed by atoms with E-state index in [0.717, 1.165) is 57.9 Å². The van der Waals surface area contributed by atoms with E-state index in [4.69, 9.17) is 11.5 Å². The van der Waals surface area contributed by atoms with Crippen LogP contribution >= 0.6 is 0 Å². The summed E-state index contributed by atoms with van der Waals surface area (Å²) in [6.07, 6.45) is 9.33. The summed E-state index contributed by atoms with van der Waals surface area (Å²) in [6, 6.07) is 0.227. The quantitative estimate of drug-likeness (QED) is 0.776. The van der Waals surface area contributed by atoms with Crippen LogP contribution in [0.3, 0.4) is 0 Å². The largest absolute Gasteiger partial charge is 0.368 e. The summed E-state index contributed by atoms with van der Waals surface area (Å²) in [5.41, 5.74) is 11.0. The third-order valence-corrected chi connectivity index (χ3v) is 5.17. The van der Waals surface area contributed by atoms with Gasteiger partial charge in [0, 0.05) is 12.5 Å². The first-order valence-electron chi connectivity index (χ1n) is 8.38. The predicted molar refractivity (Wildman–Crippen MR) is 82.3 cm³/mol. The standard InChI is InChI=1S/C16H29N3O2/c17-10-13-7-5-12(6-8-13)9-16(21)19(11-15(18)20)14-3-1-2-4-14/h12-14H,1-11,17H2,(H2,18,20). The van der Waals surface area contributed by atoms with Crippen molar-refractivity contribution in [2.24, 2.45) is 23.3 Å². The fraction of sp³-hybridized carbons (Fsp3) is 0.875. The first kappa shape index (κ1) is 16.3. The van der Waals surface area contributed by atoms with Crippen LogP contribution in [0.1, 0.15) is 57.8 Å². The minimum absolute atomic E-state index is 0.0850. The van der Waals surface area contributed by atoms with E-state index in [0.29, 0.717) is 18.3 Å². The van der Waals surface area contributed by atoms with Crippen molar-refractivity contribution in [2.75, 3.05) is 13.1 Å². The Morgan fingerprint density at radius 3 is 2.05 bits per heavy atom. The van der Waals surface area contributed by atoms with Crippen LogP contribution in [0.5, 0.6) is 0 Å². The average molecular weight is 295 g/mol. The molecule has 2 aliphatic carbocycles. The van der Waals surface area contributed by atoms with Gasteiger partial charge in [-0.3, -0.25) is 9.59 Å². The fourth-order valence-electron chi connectivity index (χ4n) is 3.84. The van der Waals surface area contributed by atoms with E-state index >= 15 is 0 Å². The van der Waals surface area contributed by atoms with Crippen LogP contribution in [0.2, 0.25) is 0 Å². The van der Waals surface area contributed by atoms with Gasteiger partial charge < -0.3 is 16.4 Å². The summed E-state index contributed by atoms with van der Waals surface area (Å²) in [7, 11) is 0. The Morgan fingerprint density at radius 1 is 0.952 bits per heavy atom. The summed E-state index contributed by atoms with van der Waals surface area (Å²) in [5.74, 6) is 0.809. The second kappa shape index (κ2) is 7.78. The van der Waals surface area contributed by atoms with Gasteiger partial charge in [0.2, 0.25) is 11.8 Å². The molecule has 4 N–H and O–H groups in total. The van der Waals surface area contributed by atoms with E-state index in [2.05, 4.69) is 0 Å². The van der Waals surface area contributed by atoms with E-state index in [-0.39, 0.29) is 18.5 Å². The van der Waals surface area contributed by atoms with Gasteiger partial charge in [-0.25, -0.2) is 0 Å². The molecule has 21 heavy (non-hydrogen) atoms. The Balaban J connectivity index is 1.87. The number of hydrogen-bond acceptors (Lipinski definition) is 3. The van der Waals surface area contributed by atoms with Crippen LogP contribution in [0, 0.1) is 11.8 Å². The van der Waals surface area contributed by atoms with Gasteiger partial charge in [0.05, 0.1) is 6.54 Å². The highest BCUT2D eigenvalue weighted by atomic mass is 16.2. The number of primary amides is 1. The third-order valence-electron chi connectivity index (χ3n) is 5.17. The van der Waals surface area contributed by atoms with Crippen LogP contribution in [-0.2, 0) is 9.59 Å². The normalized spacial score (nSPS) is 26.7. The summed E-state index contributed by atoms with van der Waals surface area (Å²) >= 11 is 0. The molecule has 0 aromatic heterocycles. The maximum atomic E-state index is 12.6. The Labute approximate surface area is 127 Å². The van der Waals surface area contributed by atoms with Gasteiger partial charge >= 0.3 is 0 Å². The van der Waals surface area contributed by atoms with Crippen molar-refractivity contribution < 1.29 is 9.59 Å². The lowest BCUT2D eigenvalue weighted by atomic mass is 9.80. The smallest absolute Gasteiger partial charge is 0.237 e. The van der Waals surface area contributed by atoms with Gasteiger partial charge in [-0.05, 0) is 56.9 Å². The molecule has 0 atom stereocenters. The van der Waals surface area contributed by atoms with Gasteiger partial charge in [0.25, 0.3) is 0 Å². The number of rotatable bonds is 6. The topological polar surface area (TPSA) is 89.4 Å². The van der Waals surface area contributed by atoms with Crippen LogP contribution in [-0.4, -0.2) is 35.8 Å². The molecule has 0 spiro atoms. The van der Waals surface area contributed by atoms with Crippen molar-refractivity contribution in [1.29, 1.82) is 0 Å². The highest BCUT2D eigenvalue weighted by molar-refractivity contribution is 5.84. The molecule has 0 saturated heterocycles. The SMILES string of the molecule is NCC1CCC(CC(=O)N(CC(N)=O)C2CCCC2)CC1. The maximum Gasteiger partial charge on any atom is 0.237 e. The van der Waals surface area contributed by atoms with Crippen molar-refractivity contribution in [3.63, 3.8) is 0 Å². The molecular formula is C16H29N3O2. The molecule has 5 nitrogen and oxygen atoms in total. The second-order valence-electron chi connectivity index (χ2n) is 6.75. The van der Waals surface area contributed by atoms with Gasteiger partial charge in [0.15, 0.2) is 0 Å². The number of nitrogens with two attached hydrogens (primary N) is 2. The Kier molecular flexibility index (Phi) is 6.03. The molecule has 0 aliphatic heterocycles. The number of amides is 2. The average Bonchev–Trinajstić information content (AvgIpc) is 2.99. The lowest BCUT2D eigenvalue weighted by Crippen LogP contribution is -2.44. The molecule has 2 amide bonds. The Morgan fingerprint density at radius 2 is 1.52 bits per heavy atom. The zero-order valence-electron chi connectivity index (χ0n) is 12.9. The number of hydrogen-bond donors (Lipinski definition) is 2. The highest BCUT2D eigenvalue weighted by Crippen LogP contribution is 2.31. The summed E-state index contributed by atoms with van der Waals surface area (Å²) in [5, 5.41) is 0. The molecule has 2 aliphatic rings. The van der Waals surface area contributed by atoms with Crippen LogP contribution < -0.4 is 11.5 Å². The molecule has 2 fully saturated rings. The minimum Gasteiger partial charge on any atom is -0.368 e. The molecule has 2 rings (SSSR count). The van der Waals surface area contributed by atoms with Crippen LogP contribution in [0.25, 0.3) is 0 Å². The number of carbonyl (C=O) groups excluding carboxylic acids is 2. The lowest BCUT2D eigenvalue weighted by Gasteiger charge is -2.32. The molecule has 0 radical (unpaired) electrons. The molecule has 2 saturated carbocycles. The van der Waals surface area contributed by atoms with Crippen molar-refractivity contribution in [2.45, 2.75) is 63.8 Å². The minimum atomic E-state index is -0.401. The summed E-state index contributed by atoms with van der Waals surface area (Å²) < 4.78 is 0. The van der Waals surface area contributed by atoms with Crippen LogP contribution in [0.4, 0.5) is 0 Å². The fourth-order valence-corrected chi connectivity index (χ4v) is 3.84. The predicted octanol–water partition coefficient (Wildman–Crippen LogP) is 1.40. The van der Waals surface area contributed by atoms with Crippen molar-refractivity contribution in [3.8, 4) is 0 Å². The molecule has 0 heterocycles. The van der Waals surface area contributed by atoms with E-state index in [1.54, 1.807) is 4.90 Å². The Bertz CT molecular complexity index is 359. The Hall–Kier alpha value is -1.10. The molecule has 0 unspecified atom stereocenters. The molecule has 0 bridgehead atoms. The molecule has 120 valence electrons. The van der Waals surface area contributed by atoms with Gasteiger partial charge in [-0.1, -0.05) is 12.8 Å². The summed E-state index contributed by atoms with van der Waals surface area (Å²) in [4.78, 5) is 25.6. The first-order valence-corrected chi connectivity index (χ1v) is 8.38. The van der Waals surface area contributed by atoms with Crippen LogP contribution in [0.15, 0.2) is 0 Å². The number of carbonyl (C=O) groups is 2. The van der Waals surface area contributed by atoms with E-state index in [1.165, 1.54) is 0 Å². The molecule has 5 heteroatoms. The zero-order valence-corrected chi connectivity index (χ0v) is 12.9. The highest BCUT2D eigenvalue weighted by Gasteiger charge is 2.30. The molecule has 0 aromatic rings. The van der Waals surface area contributed by atoms with Gasteiger partial charge in [-0.2, -0.15) is 0 Å².